The molecule has 1 aromatic carbocycles. The molecule has 1 rings (SSSR count). The summed E-state index contributed by atoms with van der Waals surface area (Å²) in [6.45, 7) is 4.07. The molecule has 0 saturated heterocycles. The fourth-order valence-corrected chi connectivity index (χ4v) is 1.82. The van der Waals surface area contributed by atoms with E-state index >= 15 is 0 Å². The van der Waals surface area contributed by atoms with Crippen LogP contribution < -0.4 is 5.32 Å². The summed E-state index contributed by atoms with van der Waals surface area (Å²) in [7, 11) is 0. The Labute approximate surface area is 112 Å². The van der Waals surface area contributed by atoms with Gasteiger partial charge in [0, 0.05) is 6.61 Å². The van der Waals surface area contributed by atoms with E-state index in [9.17, 15) is 9.59 Å². The minimum Gasteiger partial charge on any atom is -0.481 e. The van der Waals surface area contributed by atoms with Crippen molar-refractivity contribution >= 4 is 11.9 Å². The van der Waals surface area contributed by atoms with E-state index in [1.54, 1.807) is 6.92 Å². The third-order valence-corrected chi connectivity index (χ3v) is 2.72. The minimum atomic E-state index is -0.954. The van der Waals surface area contributed by atoms with E-state index in [0.717, 1.165) is 11.1 Å². The number of carbonyl (C=O) groups is 2. The number of nitrogens with one attached hydrogen (secondary N) is 1. The smallest absolute Gasteiger partial charge is 0.305 e. The van der Waals surface area contributed by atoms with E-state index < -0.39 is 12.0 Å². The molecule has 5 heteroatoms. The molecule has 0 aliphatic rings. The van der Waals surface area contributed by atoms with Gasteiger partial charge in [0.25, 0.3) is 0 Å². The average Bonchev–Trinajstić information content (AvgIpc) is 2.35. The highest BCUT2D eigenvalue weighted by molar-refractivity contribution is 5.79. The number of carboxylic acid groups (broad SMARTS) is 1. The molecule has 0 fully saturated rings. The van der Waals surface area contributed by atoms with Crippen molar-refractivity contribution in [1.82, 2.24) is 5.32 Å². The number of carbonyl (C=O) groups excluding carboxylic acids is 1. The molecule has 0 bridgehead atoms. The maximum Gasteiger partial charge on any atom is 0.305 e. The monoisotopic (exact) mass is 265 g/mol. The minimum absolute atomic E-state index is 0.0570. The lowest BCUT2D eigenvalue weighted by molar-refractivity contribution is -0.138. The Balaban J connectivity index is 2.80. The number of amides is 1. The molecule has 0 aliphatic carbocycles. The standard InChI is InChI=1S/C14H19NO4/c1-3-19-9-13(16)15-12(8-14(17)18)11-7-5-4-6-10(11)2/h4-7,12H,3,8-9H2,1-2H3,(H,15,16)(H,17,18). The van der Waals surface area contributed by atoms with Crippen LogP contribution in [0.15, 0.2) is 24.3 Å². The maximum atomic E-state index is 11.6. The third kappa shape index (κ3) is 5.09. The van der Waals surface area contributed by atoms with Gasteiger partial charge in [-0.25, -0.2) is 0 Å². The fraction of sp³-hybridized carbons (Fsp3) is 0.429. The average molecular weight is 265 g/mol. The summed E-state index contributed by atoms with van der Waals surface area (Å²) in [5, 5.41) is 11.6. The fourth-order valence-electron chi connectivity index (χ4n) is 1.82. The van der Waals surface area contributed by atoms with Crippen molar-refractivity contribution in [2.24, 2.45) is 0 Å². The molecule has 0 radical (unpaired) electrons. The van der Waals surface area contributed by atoms with E-state index in [1.807, 2.05) is 31.2 Å². The van der Waals surface area contributed by atoms with E-state index in [4.69, 9.17) is 9.84 Å². The van der Waals surface area contributed by atoms with E-state index in [1.165, 1.54) is 0 Å². The van der Waals surface area contributed by atoms with Gasteiger partial charge >= 0.3 is 5.97 Å². The van der Waals surface area contributed by atoms with Gasteiger partial charge in [-0.1, -0.05) is 24.3 Å². The van der Waals surface area contributed by atoms with Crippen LogP contribution in [0.2, 0.25) is 0 Å². The molecule has 1 amide bonds. The van der Waals surface area contributed by atoms with Crippen LogP contribution in [-0.4, -0.2) is 30.2 Å². The number of aryl methyl sites for hydroxylation is 1. The van der Waals surface area contributed by atoms with Crippen molar-refractivity contribution in [2.45, 2.75) is 26.3 Å². The summed E-state index contributed by atoms with van der Waals surface area (Å²) in [5.41, 5.74) is 1.76. The topological polar surface area (TPSA) is 75.6 Å². The first-order chi connectivity index (χ1) is 9.04. The van der Waals surface area contributed by atoms with Crippen LogP contribution in [0.4, 0.5) is 0 Å². The zero-order chi connectivity index (χ0) is 14.3. The Morgan fingerprint density at radius 2 is 2.05 bits per heavy atom. The van der Waals surface area contributed by atoms with Crippen LogP contribution in [0.5, 0.6) is 0 Å². The summed E-state index contributed by atoms with van der Waals surface area (Å²) >= 11 is 0. The summed E-state index contributed by atoms with van der Waals surface area (Å²) < 4.78 is 5.01. The Morgan fingerprint density at radius 3 is 2.63 bits per heavy atom. The highest BCUT2D eigenvalue weighted by atomic mass is 16.5. The number of benzene rings is 1. The van der Waals surface area contributed by atoms with Crippen molar-refractivity contribution in [1.29, 1.82) is 0 Å². The van der Waals surface area contributed by atoms with Crippen LogP contribution in [0, 0.1) is 6.92 Å². The Bertz CT molecular complexity index is 445. The molecule has 1 unspecified atom stereocenters. The molecule has 1 aromatic rings. The van der Waals surface area contributed by atoms with Crippen molar-refractivity contribution in [2.75, 3.05) is 13.2 Å². The lowest BCUT2D eigenvalue weighted by Gasteiger charge is -2.19. The van der Waals surface area contributed by atoms with Crippen molar-refractivity contribution < 1.29 is 19.4 Å². The maximum absolute atomic E-state index is 11.6. The molecule has 0 spiro atoms. The molecule has 2 N–H and O–H groups in total. The first-order valence-corrected chi connectivity index (χ1v) is 6.19. The van der Waals surface area contributed by atoms with Gasteiger partial charge in [0.15, 0.2) is 0 Å². The predicted octanol–water partition coefficient (Wildman–Crippen LogP) is 1.66. The van der Waals surface area contributed by atoms with Gasteiger partial charge in [0.05, 0.1) is 12.5 Å². The van der Waals surface area contributed by atoms with Gasteiger partial charge in [-0.05, 0) is 25.0 Å². The second-order valence-electron chi connectivity index (χ2n) is 4.21. The van der Waals surface area contributed by atoms with Gasteiger partial charge < -0.3 is 15.2 Å². The summed E-state index contributed by atoms with van der Waals surface area (Å²) in [6, 6.07) is 6.87. The van der Waals surface area contributed by atoms with Crippen LogP contribution in [0.25, 0.3) is 0 Å². The van der Waals surface area contributed by atoms with Gasteiger partial charge in [-0.3, -0.25) is 9.59 Å². The number of hydrogen-bond acceptors (Lipinski definition) is 3. The lowest BCUT2D eigenvalue weighted by Crippen LogP contribution is -2.33. The van der Waals surface area contributed by atoms with Crippen molar-refractivity contribution in [3.63, 3.8) is 0 Å². The lowest BCUT2D eigenvalue weighted by atomic mass is 9.99. The van der Waals surface area contributed by atoms with Crippen LogP contribution in [0.3, 0.4) is 0 Å². The largest absolute Gasteiger partial charge is 0.481 e. The second-order valence-corrected chi connectivity index (χ2v) is 4.21. The van der Waals surface area contributed by atoms with Gasteiger partial charge in [0.1, 0.15) is 6.61 Å². The van der Waals surface area contributed by atoms with Gasteiger partial charge in [-0.15, -0.1) is 0 Å². The summed E-state index contributed by atoms with van der Waals surface area (Å²) in [6.07, 6.45) is -0.150. The molecule has 19 heavy (non-hydrogen) atoms. The quantitative estimate of drug-likeness (QED) is 0.786. The predicted molar refractivity (Wildman–Crippen MR) is 70.8 cm³/mol. The molecular weight excluding hydrogens is 246 g/mol. The van der Waals surface area contributed by atoms with Crippen molar-refractivity contribution in [3.8, 4) is 0 Å². The molecular formula is C14H19NO4. The SMILES string of the molecule is CCOCC(=O)NC(CC(=O)O)c1ccccc1C. The Hall–Kier alpha value is -1.88. The first-order valence-electron chi connectivity index (χ1n) is 6.19. The zero-order valence-corrected chi connectivity index (χ0v) is 11.2. The summed E-state index contributed by atoms with van der Waals surface area (Å²) in [4.78, 5) is 22.6. The van der Waals surface area contributed by atoms with Gasteiger partial charge in [-0.2, -0.15) is 0 Å². The number of ether oxygens (including phenoxy) is 1. The number of rotatable bonds is 7. The number of hydrogen-bond donors (Lipinski definition) is 2. The number of aliphatic carboxylic acids is 1. The Kier molecular flexibility index (Phi) is 6.02. The molecule has 0 aliphatic heterocycles. The molecule has 0 aromatic heterocycles. The number of carboxylic acids is 1. The van der Waals surface area contributed by atoms with Crippen molar-refractivity contribution in [3.05, 3.63) is 35.4 Å². The van der Waals surface area contributed by atoms with Crippen LogP contribution >= 0.6 is 0 Å². The normalized spacial score (nSPS) is 11.9. The third-order valence-electron chi connectivity index (χ3n) is 2.72. The van der Waals surface area contributed by atoms with Crippen LogP contribution in [-0.2, 0) is 14.3 Å². The molecule has 0 heterocycles. The summed E-state index contributed by atoms with van der Waals surface area (Å²) in [5.74, 6) is -1.26. The highest BCUT2D eigenvalue weighted by Gasteiger charge is 2.19. The van der Waals surface area contributed by atoms with E-state index in [0.29, 0.717) is 6.61 Å². The van der Waals surface area contributed by atoms with E-state index in [2.05, 4.69) is 5.32 Å². The van der Waals surface area contributed by atoms with Crippen LogP contribution in [0.1, 0.15) is 30.5 Å². The molecule has 5 nitrogen and oxygen atoms in total. The first kappa shape index (κ1) is 15.2. The second kappa shape index (κ2) is 7.53. The molecule has 0 saturated carbocycles. The zero-order valence-electron chi connectivity index (χ0n) is 11.2. The van der Waals surface area contributed by atoms with Gasteiger partial charge in [0.2, 0.25) is 5.91 Å². The highest BCUT2D eigenvalue weighted by Crippen LogP contribution is 2.20. The Morgan fingerprint density at radius 1 is 1.37 bits per heavy atom. The van der Waals surface area contributed by atoms with E-state index in [-0.39, 0.29) is 18.9 Å². The molecule has 1 atom stereocenters. The molecule has 104 valence electrons.